The highest BCUT2D eigenvalue weighted by Crippen LogP contribution is 2.27. The van der Waals surface area contributed by atoms with Crippen molar-refractivity contribution in [2.45, 2.75) is 17.1 Å². The first-order valence-corrected chi connectivity index (χ1v) is 7.30. The number of anilines is 1. The number of hydrogen-bond donors (Lipinski definition) is 1. The molecule has 0 unspecified atom stereocenters. The summed E-state index contributed by atoms with van der Waals surface area (Å²) in [6.45, 7) is 1.60. The molecule has 6 heteroatoms. The summed E-state index contributed by atoms with van der Waals surface area (Å²) in [6.07, 6.45) is 0. The van der Waals surface area contributed by atoms with E-state index in [1.807, 2.05) is 6.07 Å². The van der Waals surface area contributed by atoms with E-state index in [0.717, 1.165) is 30.0 Å². The number of rotatable bonds is 4. The van der Waals surface area contributed by atoms with Crippen LogP contribution in [0.4, 0.5) is 14.5 Å². The van der Waals surface area contributed by atoms with Gasteiger partial charge in [0.25, 0.3) is 0 Å². The lowest BCUT2D eigenvalue weighted by Gasteiger charge is -2.12. The van der Waals surface area contributed by atoms with E-state index < -0.39 is 16.9 Å². The molecule has 0 saturated carbocycles. The Labute approximate surface area is 131 Å². The van der Waals surface area contributed by atoms with E-state index >= 15 is 0 Å². The second-order valence-electron chi connectivity index (χ2n) is 4.52. The molecule has 0 spiro atoms. The molecule has 1 N–H and O–H groups in total. The van der Waals surface area contributed by atoms with Gasteiger partial charge >= 0.3 is 0 Å². The summed E-state index contributed by atoms with van der Waals surface area (Å²) in [4.78, 5) is 12.2. The second-order valence-corrected chi connectivity index (χ2v) is 5.90. The first kappa shape index (κ1) is 16.0. The predicted molar refractivity (Wildman–Crippen MR) is 81.5 cm³/mol. The summed E-state index contributed by atoms with van der Waals surface area (Å²) in [7, 11) is 0. The van der Waals surface area contributed by atoms with Crippen molar-refractivity contribution in [3.8, 4) is 6.07 Å². The van der Waals surface area contributed by atoms with Crippen molar-refractivity contribution in [3.63, 3.8) is 0 Å². The maximum atomic E-state index is 13.6. The highest BCUT2D eigenvalue weighted by Gasteiger charge is 2.17. The normalized spacial score (nSPS) is 11.5. The molecular weight excluding hydrogens is 306 g/mol. The zero-order chi connectivity index (χ0) is 16.1. The molecule has 112 valence electrons. The van der Waals surface area contributed by atoms with Gasteiger partial charge in [0.15, 0.2) is 0 Å². The Morgan fingerprint density at radius 3 is 2.77 bits per heavy atom. The molecule has 1 atom stereocenters. The van der Waals surface area contributed by atoms with Gasteiger partial charge in [0.1, 0.15) is 11.6 Å². The fourth-order valence-electron chi connectivity index (χ4n) is 1.72. The van der Waals surface area contributed by atoms with Gasteiger partial charge in [-0.3, -0.25) is 4.79 Å². The third-order valence-corrected chi connectivity index (χ3v) is 3.96. The van der Waals surface area contributed by atoms with Gasteiger partial charge in [0.2, 0.25) is 5.91 Å². The maximum absolute atomic E-state index is 13.6. The lowest BCUT2D eigenvalue weighted by molar-refractivity contribution is -0.115. The summed E-state index contributed by atoms with van der Waals surface area (Å²) >= 11 is 0.930. The molecule has 0 fully saturated rings. The standard InChI is InChI=1S/C16H12F2N2OS/c1-10(22-15-8-12(17)5-6-14(15)18)16(21)20-13-4-2-3-11(7-13)9-19/h2-8,10H,1H3,(H,20,21)/t10-/m1/s1. The van der Waals surface area contributed by atoms with Crippen molar-refractivity contribution in [3.05, 3.63) is 59.7 Å². The molecule has 0 aliphatic rings. The van der Waals surface area contributed by atoms with Crippen LogP contribution in [0.15, 0.2) is 47.4 Å². The number of amides is 1. The minimum Gasteiger partial charge on any atom is -0.325 e. The molecule has 2 aromatic rings. The minimum atomic E-state index is -0.623. The average molecular weight is 318 g/mol. The van der Waals surface area contributed by atoms with Crippen molar-refractivity contribution >= 4 is 23.4 Å². The van der Waals surface area contributed by atoms with E-state index in [1.54, 1.807) is 25.1 Å². The van der Waals surface area contributed by atoms with Crippen molar-refractivity contribution in [1.82, 2.24) is 0 Å². The number of benzene rings is 2. The minimum absolute atomic E-state index is 0.0772. The van der Waals surface area contributed by atoms with Crippen LogP contribution in [-0.4, -0.2) is 11.2 Å². The quantitative estimate of drug-likeness (QED) is 0.868. The summed E-state index contributed by atoms with van der Waals surface area (Å²) in [5.41, 5.74) is 0.908. The van der Waals surface area contributed by atoms with Crippen LogP contribution in [0.25, 0.3) is 0 Å². The van der Waals surface area contributed by atoms with Crippen molar-refractivity contribution in [2.24, 2.45) is 0 Å². The van der Waals surface area contributed by atoms with Crippen LogP contribution in [0.2, 0.25) is 0 Å². The van der Waals surface area contributed by atoms with Crippen LogP contribution < -0.4 is 5.32 Å². The SMILES string of the molecule is C[C@@H](Sc1cc(F)ccc1F)C(=O)Nc1cccc(C#N)c1. The molecule has 3 nitrogen and oxygen atoms in total. The third-order valence-electron chi connectivity index (χ3n) is 2.83. The summed E-state index contributed by atoms with van der Waals surface area (Å²) < 4.78 is 26.7. The number of nitriles is 1. The zero-order valence-corrected chi connectivity index (χ0v) is 12.5. The molecule has 0 aromatic heterocycles. The molecular formula is C16H12F2N2OS. The Morgan fingerprint density at radius 1 is 1.27 bits per heavy atom. The molecule has 0 aliphatic carbocycles. The highest BCUT2D eigenvalue weighted by atomic mass is 32.2. The van der Waals surface area contributed by atoms with Gasteiger partial charge in [-0.15, -0.1) is 11.8 Å². The van der Waals surface area contributed by atoms with Crippen LogP contribution in [0.3, 0.4) is 0 Å². The van der Waals surface area contributed by atoms with E-state index in [9.17, 15) is 13.6 Å². The molecule has 22 heavy (non-hydrogen) atoms. The van der Waals surface area contributed by atoms with E-state index in [-0.39, 0.29) is 10.8 Å². The first-order valence-electron chi connectivity index (χ1n) is 6.42. The summed E-state index contributed by atoms with van der Waals surface area (Å²) in [5.74, 6) is -1.49. The van der Waals surface area contributed by atoms with Crippen LogP contribution >= 0.6 is 11.8 Å². The molecule has 1 amide bonds. The second kappa shape index (κ2) is 7.05. The van der Waals surface area contributed by atoms with Crippen molar-refractivity contribution in [2.75, 3.05) is 5.32 Å². The highest BCUT2D eigenvalue weighted by molar-refractivity contribution is 8.00. The van der Waals surface area contributed by atoms with Crippen LogP contribution in [0.1, 0.15) is 12.5 Å². The van der Waals surface area contributed by atoms with Gasteiger partial charge in [0.05, 0.1) is 16.9 Å². The first-order chi connectivity index (χ1) is 10.5. The lowest BCUT2D eigenvalue weighted by Crippen LogP contribution is -2.22. The summed E-state index contributed by atoms with van der Waals surface area (Å²) in [5, 5.41) is 10.8. The fraction of sp³-hybridized carbons (Fsp3) is 0.125. The zero-order valence-electron chi connectivity index (χ0n) is 11.6. The Morgan fingerprint density at radius 2 is 2.05 bits per heavy atom. The average Bonchev–Trinajstić information content (AvgIpc) is 2.51. The Kier molecular flexibility index (Phi) is 5.12. The molecule has 0 radical (unpaired) electrons. The summed E-state index contributed by atoms with van der Waals surface area (Å²) in [6, 6.07) is 11.5. The number of carbonyl (C=O) groups excluding carboxylic acids is 1. The van der Waals surface area contributed by atoms with Gasteiger partial charge < -0.3 is 5.32 Å². The Balaban J connectivity index is 2.06. The number of hydrogen-bond acceptors (Lipinski definition) is 3. The molecule has 2 aromatic carbocycles. The maximum Gasteiger partial charge on any atom is 0.237 e. The molecule has 0 aliphatic heterocycles. The van der Waals surface area contributed by atoms with Crippen LogP contribution in [-0.2, 0) is 4.79 Å². The lowest BCUT2D eigenvalue weighted by atomic mass is 10.2. The number of halogens is 2. The molecule has 2 rings (SSSR count). The number of thioether (sulfide) groups is 1. The van der Waals surface area contributed by atoms with E-state index in [1.165, 1.54) is 6.07 Å². The van der Waals surface area contributed by atoms with E-state index in [2.05, 4.69) is 5.32 Å². The van der Waals surface area contributed by atoms with Gasteiger partial charge in [-0.1, -0.05) is 6.07 Å². The van der Waals surface area contributed by atoms with Crippen molar-refractivity contribution < 1.29 is 13.6 Å². The van der Waals surface area contributed by atoms with Gasteiger partial charge in [0, 0.05) is 10.6 Å². The number of nitrogens with zero attached hydrogens (tertiary/aromatic N) is 1. The predicted octanol–water partition coefficient (Wildman–Crippen LogP) is 3.96. The van der Waals surface area contributed by atoms with Gasteiger partial charge in [-0.2, -0.15) is 5.26 Å². The Bertz CT molecular complexity index is 743. The molecule has 0 saturated heterocycles. The topological polar surface area (TPSA) is 52.9 Å². The van der Waals surface area contributed by atoms with E-state index in [4.69, 9.17) is 5.26 Å². The number of carbonyl (C=O) groups is 1. The van der Waals surface area contributed by atoms with Crippen molar-refractivity contribution in [1.29, 1.82) is 5.26 Å². The smallest absolute Gasteiger partial charge is 0.237 e. The largest absolute Gasteiger partial charge is 0.325 e. The molecule has 0 bridgehead atoms. The van der Waals surface area contributed by atoms with Crippen LogP contribution in [0, 0.1) is 23.0 Å². The van der Waals surface area contributed by atoms with Gasteiger partial charge in [-0.05, 0) is 43.3 Å². The Hall–Kier alpha value is -2.39. The van der Waals surface area contributed by atoms with Gasteiger partial charge in [-0.25, -0.2) is 8.78 Å². The van der Waals surface area contributed by atoms with E-state index in [0.29, 0.717) is 11.3 Å². The fourth-order valence-corrected chi connectivity index (χ4v) is 2.63. The number of nitrogens with one attached hydrogen (secondary N) is 1. The third kappa shape index (κ3) is 4.06. The van der Waals surface area contributed by atoms with Crippen LogP contribution in [0.5, 0.6) is 0 Å². The monoisotopic (exact) mass is 318 g/mol. The molecule has 0 heterocycles.